The van der Waals surface area contributed by atoms with E-state index in [9.17, 15) is 9.59 Å². The van der Waals surface area contributed by atoms with Gasteiger partial charge in [-0.2, -0.15) is 0 Å². The SMILES string of the molecule is CCC=CCCC=O.CCCCCCC=O. The molecule has 0 saturated carbocycles. The zero-order chi connectivity index (χ0) is 12.5. The summed E-state index contributed by atoms with van der Waals surface area (Å²) in [5.74, 6) is 0. The van der Waals surface area contributed by atoms with Crippen molar-refractivity contribution >= 4 is 12.6 Å². The number of carbonyl (C=O) groups is 2. The summed E-state index contributed by atoms with van der Waals surface area (Å²) in [5.41, 5.74) is 0. The van der Waals surface area contributed by atoms with Crippen LogP contribution in [0.25, 0.3) is 0 Å². The molecule has 0 N–H and O–H groups in total. The maximum Gasteiger partial charge on any atom is 0.120 e. The number of carbonyl (C=O) groups excluding carboxylic acids is 2. The fourth-order valence-corrected chi connectivity index (χ4v) is 1.10. The van der Waals surface area contributed by atoms with Gasteiger partial charge in [0.1, 0.15) is 12.6 Å². The molecule has 0 aromatic carbocycles. The predicted octanol–water partition coefficient (Wildman–Crippen LogP) is 4.09. The van der Waals surface area contributed by atoms with Crippen LogP contribution in [0, 0.1) is 0 Å². The monoisotopic (exact) mass is 226 g/mol. The van der Waals surface area contributed by atoms with E-state index < -0.39 is 0 Å². The molecule has 94 valence electrons. The molecule has 0 aromatic rings. The van der Waals surface area contributed by atoms with E-state index in [0.29, 0.717) is 6.42 Å². The number of aldehydes is 2. The Morgan fingerprint density at radius 2 is 1.44 bits per heavy atom. The zero-order valence-electron chi connectivity index (χ0n) is 10.8. The van der Waals surface area contributed by atoms with Gasteiger partial charge in [-0.25, -0.2) is 0 Å². The molecule has 0 aliphatic heterocycles. The first kappa shape index (κ1) is 17.5. The lowest BCUT2D eigenvalue weighted by atomic mass is 10.2. The Labute approximate surface area is 100 Å². The predicted molar refractivity (Wildman–Crippen MR) is 69.6 cm³/mol. The second-order valence-electron chi connectivity index (χ2n) is 3.64. The van der Waals surface area contributed by atoms with Crippen LogP contribution in [-0.4, -0.2) is 12.6 Å². The highest BCUT2D eigenvalue weighted by atomic mass is 16.1. The zero-order valence-corrected chi connectivity index (χ0v) is 10.8. The van der Waals surface area contributed by atoms with Crippen molar-refractivity contribution in [3.63, 3.8) is 0 Å². The standard InChI is InChI=1S/C7H14O.C7H12O/c2*1-2-3-4-5-6-7-8/h7H,2-6H2,1H3;3-4,7H,2,5-6H2,1H3. The van der Waals surface area contributed by atoms with Gasteiger partial charge in [-0.05, 0) is 19.3 Å². The first-order chi connectivity index (χ1) is 7.83. The Bertz CT molecular complexity index is 162. The van der Waals surface area contributed by atoms with Crippen LogP contribution in [0.15, 0.2) is 12.2 Å². The van der Waals surface area contributed by atoms with Gasteiger partial charge in [-0.1, -0.05) is 45.3 Å². The smallest absolute Gasteiger partial charge is 0.120 e. The van der Waals surface area contributed by atoms with Crippen molar-refractivity contribution in [1.29, 1.82) is 0 Å². The molecule has 0 amide bonds. The van der Waals surface area contributed by atoms with Crippen LogP contribution < -0.4 is 0 Å². The van der Waals surface area contributed by atoms with Gasteiger partial charge in [-0.15, -0.1) is 0 Å². The van der Waals surface area contributed by atoms with Crippen LogP contribution in [0.5, 0.6) is 0 Å². The average molecular weight is 226 g/mol. The van der Waals surface area contributed by atoms with E-state index in [1.54, 1.807) is 0 Å². The highest BCUT2D eigenvalue weighted by Crippen LogP contribution is 1.99. The number of unbranched alkanes of at least 4 members (excludes halogenated alkanes) is 5. The molecule has 0 saturated heterocycles. The minimum Gasteiger partial charge on any atom is -0.303 e. The van der Waals surface area contributed by atoms with Gasteiger partial charge in [0.25, 0.3) is 0 Å². The molecule has 2 nitrogen and oxygen atoms in total. The summed E-state index contributed by atoms with van der Waals surface area (Å²) in [6.07, 6.45) is 14.2. The molecule has 0 fully saturated rings. The third-order valence-corrected chi connectivity index (χ3v) is 2.03. The summed E-state index contributed by atoms with van der Waals surface area (Å²) in [4.78, 5) is 19.5. The maximum absolute atomic E-state index is 9.77. The Morgan fingerprint density at radius 1 is 0.750 bits per heavy atom. The number of hydrogen-bond acceptors (Lipinski definition) is 2. The van der Waals surface area contributed by atoms with E-state index in [-0.39, 0.29) is 0 Å². The molecule has 0 spiro atoms. The van der Waals surface area contributed by atoms with Crippen LogP contribution in [0.2, 0.25) is 0 Å². The van der Waals surface area contributed by atoms with Crippen LogP contribution >= 0.6 is 0 Å². The first-order valence-corrected chi connectivity index (χ1v) is 6.35. The second-order valence-corrected chi connectivity index (χ2v) is 3.64. The topological polar surface area (TPSA) is 34.1 Å². The summed E-state index contributed by atoms with van der Waals surface area (Å²) < 4.78 is 0. The van der Waals surface area contributed by atoms with Crippen LogP contribution in [0.3, 0.4) is 0 Å². The Kier molecular flexibility index (Phi) is 21.4. The Morgan fingerprint density at radius 3 is 1.94 bits per heavy atom. The van der Waals surface area contributed by atoms with Gasteiger partial charge in [-0.3, -0.25) is 0 Å². The van der Waals surface area contributed by atoms with Crippen molar-refractivity contribution in [1.82, 2.24) is 0 Å². The van der Waals surface area contributed by atoms with Crippen molar-refractivity contribution < 1.29 is 9.59 Å². The van der Waals surface area contributed by atoms with Crippen molar-refractivity contribution in [2.24, 2.45) is 0 Å². The van der Waals surface area contributed by atoms with Crippen molar-refractivity contribution in [3.8, 4) is 0 Å². The summed E-state index contributed by atoms with van der Waals surface area (Å²) in [6, 6.07) is 0. The van der Waals surface area contributed by atoms with Crippen LogP contribution in [0.1, 0.15) is 65.2 Å². The van der Waals surface area contributed by atoms with E-state index in [4.69, 9.17) is 0 Å². The van der Waals surface area contributed by atoms with Gasteiger partial charge in [0.2, 0.25) is 0 Å². The van der Waals surface area contributed by atoms with Crippen LogP contribution in [-0.2, 0) is 9.59 Å². The highest BCUT2D eigenvalue weighted by molar-refractivity contribution is 5.49. The lowest BCUT2D eigenvalue weighted by Crippen LogP contribution is -1.76. The number of rotatable bonds is 9. The average Bonchev–Trinajstić information content (AvgIpc) is 2.31. The molecule has 16 heavy (non-hydrogen) atoms. The fraction of sp³-hybridized carbons (Fsp3) is 0.714. The van der Waals surface area contributed by atoms with E-state index >= 15 is 0 Å². The molecule has 0 atom stereocenters. The Hall–Kier alpha value is -0.920. The van der Waals surface area contributed by atoms with Gasteiger partial charge in [0.15, 0.2) is 0 Å². The third kappa shape index (κ3) is 23.2. The molecule has 0 rings (SSSR count). The van der Waals surface area contributed by atoms with Gasteiger partial charge >= 0.3 is 0 Å². The van der Waals surface area contributed by atoms with Crippen molar-refractivity contribution in [2.45, 2.75) is 65.2 Å². The van der Waals surface area contributed by atoms with Gasteiger partial charge in [0, 0.05) is 12.8 Å². The highest BCUT2D eigenvalue weighted by Gasteiger charge is 1.83. The molecular formula is C14H26O2. The van der Waals surface area contributed by atoms with Gasteiger partial charge in [0.05, 0.1) is 0 Å². The minimum absolute atomic E-state index is 0.663. The summed E-state index contributed by atoms with van der Waals surface area (Å²) in [7, 11) is 0. The lowest BCUT2D eigenvalue weighted by molar-refractivity contribution is -0.108. The van der Waals surface area contributed by atoms with Crippen LogP contribution in [0.4, 0.5) is 0 Å². The Balaban J connectivity index is 0. The van der Waals surface area contributed by atoms with E-state index in [1.165, 1.54) is 19.3 Å². The molecule has 0 aliphatic rings. The molecule has 2 heteroatoms. The summed E-state index contributed by atoms with van der Waals surface area (Å²) >= 11 is 0. The second kappa shape index (κ2) is 19.6. The number of allylic oxidation sites excluding steroid dienone is 2. The fourth-order valence-electron chi connectivity index (χ4n) is 1.10. The maximum atomic E-state index is 9.77. The lowest BCUT2D eigenvalue weighted by Gasteiger charge is -1.90. The molecule has 0 aromatic heterocycles. The quantitative estimate of drug-likeness (QED) is 0.337. The molecule has 0 radical (unpaired) electrons. The molecule has 0 unspecified atom stereocenters. The first-order valence-electron chi connectivity index (χ1n) is 6.35. The number of hydrogen-bond donors (Lipinski definition) is 0. The molecule has 0 heterocycles. The molecule has 0 aliphatic carbocycles. The van der Waals surface area contributed by atoms with E-state index in [0.717, 1.165) is 38.3 Å². The summed E-state index contributed by atoms with van der Waals surface area (Å²) in [6.45, 7) is 4.25. The van der Waals surface area contributed by atoms with Gasteiger partial charge < -0.3 is 9.59 Å². The molecular weight excluding hydrogens is 200 g/mol. The molecule has 0 bridgehead atoms. The minimum atomic E-state index is 0.663. The van der Waals surface area contributed by atoms with E-state index in [2.05, 4.69) is 19.9 Å². The van der Waals surface area contributed by atoms with E-state index in [1.807, 2.05) is 6.08 Å². The third-order valence-electron chi connectivity index (χ3n) is 2.03. The van der Waals surface area contributed by atoms with Crippen molar-refractivity contribution in [2.75, 3.05) is 0 Å². The normalized spacial score (nSPS) is 9.62. The largest absolute Gasteiger partial charge is 0.303 e. The summed E-state index contributed by atoms with van der Waals surface area (Å²) in [5, 5.41) is 0. The van der Waals surface area contributed by atoms with Crippen molar-refractivity contribution in [3.05, 3.63) is 12.2 Å².